The lowest BCUT2D eigenvalue weighted by Gasteiger charge is -2.09. The Morgan fingerprint density at radius 3 is 2.22 bits per heavy atom. The molecule has 1 N–H and O–H groups in total. The fraction of sp³-hybridized carbons (Fsp3) is 0. The van der Waals surface area contributed by atoms with Gasteiger partial charge in [0.15, 0.2) is 0 Å². The highest BCUT2D eigenvalue weighted by atomic mass is 16.1. The average molecular weight is 297 g/mol. The van der Waals surface area contributed by atoms with Crippen LogP contribution in [0.15, 0.2) is 84.9 Å². The van der Waals surface area contributed by atoms with Gasteiger partial charge in [-0.3, -0.25) is 4.79 Å². The van der Waals surface area contributed by atoms with Gasteiger partial charge >= 0.3 is 0 Å². The number of benzene rings is 4. The standard InChI is InChI=1S/C21H15NO/c23-21(20-11-5-9-16-7-3-4-10-19(16)20)22-18-13-12-15-6-1-2-8-17(15)14-18/h1-14H,(H,22,23). The SMILES string of the molecule is O=C(Nc1ccc2ccccc2c1)c1cccc2ccccc12. The van der Waals surface area contributed by atoms with Crippen LogP contribution in [0.1, 0.15) is 10.4 Å². The topological polar surface area (TPSA) is 29.1 Å². The van der Waals surface area contributed by atoms with Crippen molar-refractivity contribution in [1.82, 2.24) is 0 Å². The van der Waals surface area contributed by atoms with Gasteiger partial charge in [0.2, 0.25) is 0 Å². The molecule has 1 amide bonds. The minimum atomic E-state index is -0.0860. The van der Waals surface area contributed by atoms with Crippen molar-refractivity contribution < 1.29 is 4.79 Å². The first-order valence-electron chi connectivity index (χ1n) is 7.59. The summed E-state index contributed by atoms with van der Waals surface area (Å²) in [6.07, 6.45) is 0. The van der Waals surface area contributed by atoms with Gasteiger partial charge in [-0.1, -0.05) is 66.7 Å². The van der Waals surface area contributed by atoms with Gasteiger partial charge in [-0.25, -0.2) is 0 Å². The fourth-order valence-electron chi connectivity index (χ4n) is 2.89. The molecule has 0 aliphatic rings. The number of nitrogens with one attached hydrogen (secondary N) is 1. The molecule has 0 radical (unpaired) electrons. The second kappa shape index (κ2) is 5.58. The molecule has 0 spiro atoms. The van der Waals surface area contributed by atoms with Crippen LogP contribution in [0.4, 0.5) is 5.69 Å². The van der Waals surface area contributed by atoms with Crippen molar-refractivity contribution in [3.8, 4) is 0 Å². The molecule has 0 bridgehead atoms. The van der Waals surface area contributed by atoms with E-state index in [0.29, 0.717) is 5.56 Å². The molecule has 0 unspecified atom stereocenters. The van der Waals surface area contributed by atoms with Crippen LogP contribution in [0.3, 0.4) is 0 Å². The molecule has 23 heavy (non-hydrogen) atoms. The number of carbonyl (C=O) groups excluding carboxylic acids is 1. The highest BCUT2D eigenvalue weighted by molar-refractivity contribution is 6.13. The number of anilines is 1. The summed E-state index contributed by atoms with van der Waals surface area (Å²) < 4.78 is 0. The van der Waals surface area contributed by atoms with E-state index < -0.39 is 0 Å². The lowest BCUT2D eigenvalue weighted by molar-refractivity contribution is 0.102. The molecule has 0 saturated carbocycles. The molecule has 0 aliphatic heterocycles. The summed E-state index contributed by atoms with van der Waals surface area (Å²) in [5.41, 5.74) is 1.50. The smallest absolute Gasteiger partial charge is 0.256 e. The predicted octanol–water partition coefficient (Wildman–Crippen LogP) is 5.25. The van der Waals surface area contributed by atoms with E-state index in [9.17, 15) is 4.79 Å². The van der Waals surface area contributed by atoms with Crippen LogP contribution in [-0.4, -0.2) is 5.91 Å². The quantitative estimate of drug-likeness (QED) is 0.538. The molecule has 0 heterocycles. The number of carbonyl (C=O) groups is 1. The number of fused-ring (bicyclic) bond motifs is 2. The molecular weight excluding hydrogens is 282 g/mol. The second-order valence-corrected chi connectivity index (χ2v) is 5.54. The molecule has 0 aliphatic carbocycles. The molecule has 4 aromatic carbocycles. The van der Waals surface area contributed by atoms with Gasteiger partial charge in [0.25, 0.3) is 5.91 Å². The molecule has 4 aromatic rings. The van der Waals surface area contributed by atoms with Crippen molar-refractivity contribution in [1.29, 1.82) is 0 Å². The second-order valence-electron chi connectivity index (χ2n) is 5.54. The Bertz CT molecular complexity index is 1010. The van der Waals surface area contributed by atoms with Gasteiger partial charge < -0.3 is 5.32 Å². The molecule has 0 saturated heterocycles. The Kier molecular flexibility index (Phi) is 3.28. The molecule has 2 heteroatoms. The summed E-state index contributed by atoms with van der Waals surface area (Å²) in [7, 11) is 0. The van der Waals surface area contributed by atoms with E-state index in [1.54, 1.807) is 0 Å². The van der Waals surface area contributed by atoms with Crippen LogP contribution in [0.5, 0.6) is 0 Å². The highest BCUT2D eigenvalue weighted by Crippen LogP contribution is 2.22. The maximum absolute atomic E-state index is 12.7. The van der Waals surface area contributed by atoms with Crippen LogP contribution >= 0.6 is 0 Å². The largest absolute Gasteiger partial charge is 0.322 e. The zero-order valence-electron chi connectivity index (χ0n) is 12.5. The maximum Gasteiger partial charge on any atom is 0.256 e. The molecule has 0 atom stereocenters. The number of amides is 1. The van der Waals surface area contributed by atoms with Crippen LogP contribution in [0.2, 0.25) is 0 Å². The first-order valence-corrected chi connectivity index (χ1v) is 7.59. The first-order chi connectivity index (χ1) is 11.3. The molecule has 0 aromatic heterocycles. The lowest BCUT2D eigenvalue weighted by Crippen LogP contribution is -2.12. The van der Waals surface area contributed by atoms with Gasteiger partial charge in [0.05, 0.1) is 0 Å². The summed E-state index contributed by atoms with van der Waals surface area (Å²) in [5.74, 6) is -0.0860. The predicted molar refractivity (Wildman–Crippen MR) is 95.8 cm³/mol. The Morgan fingerprint density at radius 1 is 0.652 bits per heavy atom. The highest BCUT2D eigenvalue weighted by Gasteiger charge is 2.10. The van der Waals surface area contributed by atoms with Crippen molar-refractivity contribution in [2.75, 3.05) is 5.32 Å². The van der Waals surface area contributed by atoms with Crippen LogP contribution < -0.4 is 5.32 Å². The zero-order chi connectivity index (χ0) is 15.6. The molecule has 0 fully saturated rings. The van der Waals surface area contributed by atoms with E-state index in [1.165, 1.54) is 0 Å². The lowest BCUT2D eigenvalue weighted by atomic mass is 10.0. The molecule has 110 valence electrons. The minimum absolute atomic E-state index is 0.0860. The number of rotatable bonds is 2. The molecule has 2 nitrogen and oxygen atoms in total. The number of hydrogen-bond acceptors (Lipinski definition) is 1. The monoisotopic (exact) mass is 297 g/mol. The van der Waals surface area contributed by atoms with Gasteiger partial charge in [-0.15, -0.1) is 0 Å². The van der Waals surface area contributed by atoms with Crippen LogP contribution in [0, 0.1) is 0 Å². The third-order valence-corrected chi connectivity index (χ3v) is 4.04. The van der Waals surface area contributed by atoms with E-state index in [4.69, 9.17) is 0 Å². The Hall–Kier alpha value is -3.13. The maximum atomic E-state index is 12.7. The van der Waals surface area contributed by atoms with Crippen molar-refractivity contribution in [3.05, 3.63) is 90.5 Å². The minimum Gasteiger partial charge on any atom is -0.322 e. The van der Waals surface area contributed by atoms with Crippen molar-refractivity contribution >= 4 is 33.1 Å². The first kappa shape index (κ1) is 13.5. The van der Waals surface area contributed by atoms with Crippen molar-refractivity contribution in [2.45, 2.75) is 0 Å². The van der Waals surface area contributed by atoms with E-state index >= 15 is 0 Å². The summed E-state index contributed by atoms with van der Waals surface area (Å²) in [5, 5.41) is 7.31. The molecular formula is C21H15NO. The van der Waals surface area contributed by atoms with E-state index in [1.807, 2.05) is 78.9 Å². The van der Waals surface area contributed by atoms with E-state index in [0.717, 1.165) is 27.2 Å². The fourth-order valence-corrected chi connectivity index (χ4v) is 2.89. The van der Waals surface area contributed by atoms with Crippen LogP contribution in [-0.2, 0) is 0 Å². The Labute approximate surface area is 134 Å². The molecule has 4 rings (SSSR count). The average Bonchev–Trinajstić information content (AvgIpc) is 2.61. The summed E-state index contributed by atoms with van der Waals surface area (Å²) in [4.78, 5) is 12.7. The van der Waals surface area contributed by atoms with E-state index in [-0.39, 0.29) is 5.91 Å². The Balaban J connectivity index is 1.70. The van der Waals surface area contributed by atoms with Gasteiger partial charge in [0.1, 0.15) is 0 Å². The third-order valence-electron chi connectivity index (χ3n) is 4.04. The van der Waals surface area contributed by atoms with Crippen molar-refractivity contribution in [3.63, 3.8) is 0 Å². The zero-order valence-corrected chi connectivity index (χ0v) is 12.5. The van der Waals surface area contributed by atoms with Gasteiger partial charge in [0, 0.05) is 11.3 Å². The van der Waals surface area contributed by atoms with Crippen LogP contribution in [0.25, 0.3) is 21.5 Å². The summed E-state index contributed by atoms with van der Waals surface area (Å²) >= 11 is 0. The number of hydrogen-bond donors (Lipinski definition) is 1. The normalized spacial score (nSPS) is 10.8. The van der Waals surface area contributed by atoms with E-state index in [2.05, 4.69) is 11.4 Å². The van der Waals surface area contributed by atoms with Gasteiger partial charge in [-0.05, 0) is 39.7 Å². The summed E-state index contributed by atoms with van der Waals surface area (Å²) in [6.45, 7) is 0. The summed E-state index contributed by atoms with van der Waals surface area (Å²) in [6, 6.07) is 27.8. The van der Waals surface area contributed by atoms with Gasteiger partial charge in [-0.2, -0.15) is 0 Å². The van der Waals surface area contributed by atoms with Crippen molar-refractivity contribution in [2.24, 2.45) is 0 Å². The third kappa shape index (κ3) is 2.55. The Morgan fingerprint density at radius 2 is 1.35 bits per heavy atom.